The van der Waals surface area contributed by atoms with Gasteiger partial charge in [-0.15, -0.1) is 0 Å². The Morgan fingerprint density at radius 3 is 1.79 bits per heavy atom. The van der Waals surface area contributed by atoms with Gasteiger partial charge in [0.1, 0.15) is 0 Å². The molecular formula is C14H26. The average Bonchev–Trinajstić information content (AvgIpc) is 2.19. The van der Waals surface area contributed by atoms with Gasteiger partial charge >= 0.3 is 0 Å². The first kappa shape index (κ1) is 10.5. The van der Waals surface area contributed by atoms with Crippen LogP contribution in [0, 0.1) is 17.3 Å². The van der Waals surface area contributed by atoms with Crippen LogP contribution in [-0.4, -0.2) is 0 Å². The predicted octanol–water partition coefficient (Wildman–Crippen LogP) is 4.78. The van der Waals surface area contributed by atoms with Crippen LogP contribution in [0.2, 0.25) is 0 Å². The Morgan fingerprint density at radius 2 is 1.21 bits per heavy atom. The molecule has 0 radical (unpaired) electrons. The molecule has 0 bridgehead atoms. The summed E-state index contributed by atoms with van der Waals surface area (Å²) < 4.78 is 0. The highest BCUT2D eigenvalue weighted by Crippen LogP contribution is 2.44. The fourth-order valence-corrected chi connectivity index (χ4v) is 3.50. The molecule has 0 saturated heterocycles. The Bertz CT molecular complexity index is 164. The molecule has 14 heavy (non-hydrogen) atoms. The van der Waals surface area contributed by atoms with Crippen molar-refractivity contribution in [3.05, 3.63) is 0 Å². The molecule has 0 spiro atoms. The van der Waals surface area contributed by atoms with Crippen molar-refractivity contribution in [1.82, 2.24) is 0 Å². The average molecular weight is 194 g/mol. The summed E-state index contributed by atoms with van der Waals surface area (Å²) in [5, 5.41) is 0. The Balaban J connectivity index is 1.82. The van der Waals surface area contributed by atoms with Gasteiger partial charge in [0.05, 0.1) is 0 Å². The minimum Gasteiger partial charge on any atom is -0.0599 e. The van der Waals surface area contributed by atoms with Gasteiger partial charge in [-0.2, -0.15) is 0 Å². The molecule has 0 aliphatic heterocycles. The van der Waals surface area contributed by atoms with E-state index in [1.165, 1.54) is 44.9 Å². The zero-order valence-corrected chi connectivity index (χ0v) is 10.0. The largest absolute Gasteiger partial charge is 0.0599 e. The van der Waals surface area contributed by atoms with Gasteiger partial charge in [0.25, 0.3) is 0 Å². The van der Waals surface area contributed by atoms with Crippen molar-refractivity contribution in [2.45, 2.75) is 71.6 Å². The van der Waals surface area contributed by atoms with E-state index in [-0.39, 0.29) is 0 Å². The summed E-state index contributed by atoms with van der Waals surface area (Å²) >= 11 is 0. The van der Waals surface area contributed by atoms with Gasteiger partial charge in [0, 0.05) is 0 Å². The summed E-state index contributed by atoms with van der Waals surface area (Å²) in [7, 11) is 0. The van der Waals surface area contributed by atoms with E-state index in [1.54, 1.807) is 12.8 Å². The SMILES string of the molecule is CC1(C)CCC(C2CCCCC2)CC1. The minimum absolute atomic E-state index is 0.658. The number of hydrogen-bond acceptors (Lipinski definition) is 0. The van der Waals surface area contributed by atoms with Gasteiger partial charge < -0.3 is 0 Å². The molecule has 2 fully saturated rings. The Hall–Kier alpha value is 0. The summed E-state index contributed by atoms with van der Waals surface area (Å²) in [6.07, 6.45) is 13.7. The van der Waals surface area contributed by atoms with Gasteiger partial charge in [0.15, 0.2) is 0 Å². The highest BCUT2D eigenvalue weighted by atomic mass is 14.4. The molecular weight excluding hydrogens is 168 g/mol. The van der Waals surface area contributed by atoms with Crippen molar-refractivity contribution < 1.29 is 0 Å². The van der Waals surface area contributed by atoms with Crippen molar-refractivity contribution in [3.8, 4) is 0 Å². The molecule has 0 aromatic heterocycles. The highest BCUT2D eigenvalue weighted by molar-refractivity contribution is 4.83. The van der Waals surface area contributed by atoms with E-state index >= 15 is 0 Å². The van der Waals surface area contributed by atoms with Crippen LogP contribution >= 0.6 is 0 Å². The van der Waals surface area contributed by atoms with E-state index in [1.807, 2.05) is 0 Å². The van der Waals surface area contributed by atoms with Gasteiger partial charge in [-0.3, -0.25) is 0 Å². The van der Waals surface area contributed by atoms with E-state index in [4.69, 9.17) is 0 Å². The predicted molar refractivity (Wildman–Crippen MR) is 62.3 cm³/mol. The molecule has 0 amide bonds. The van der Waals surface area contributed by atoms with Crippen molar-refractivity contribution in [3.63, 3.8) is 0 Å². The van der Waals surface area contributed by atoms with Crippen LogP contribution in [0.25, 0.3) is 0 Å². The highest BCUT2D eigenvalue weighted by Gasteiger charge is 2.31. The van der Waals surface area contributed by atoms with Crippen molar-refractivity contribution in [1.29, 1.82) is 0 Å². The van der Waals surface area contributed by atoms with E-state index < -0.39 is 0 Å². The molecule has 2 aliphatic rings. The zero-order chi connectivity index (χ0) is 10.0. The van der Waals surface area contributed by atoms with Crippen LogP contribution < -0.4 is 0 Å². The smallest absolute Gasteiger partial charge is 0.0354 e. The fraction of sp³-hybridized carbons (Fsp3) is 1.00. The van der Waals surface area contributed by atoms with Crippen LogP contribution in [0.3, 0.4) is 0 Å². The van der Waals surface area contributed by atoms with E-state index in [0.717, 1.165) is 11.8 Å². The Morgan fingerprint density at radius 1 is 0.714 bits per heavy atom. The first-order chi connectivity index (χ1) is 6.67. The summed E-state index contributed by atoms with van der Waals surface area (Å²) in [5.74, 6) is 2.21. The molecule has 2 aliphatic carbocycles. The Labute approximate surface area is 89.5 Å². The third kappa shape index (κ3) is 2.52. The van der Waals surface area contributed by atoms with E-state index in [9.17, 15) is 0 Å². The second-order valence-corrected chi connectivity index (χ2v) is 6.40. The normalized spacial score (nSPS) is 30.4. The zero-order valence-electron chi connectivity index (χ0n) is 10.0. The van der Waals surface area contributed by atoms with Crippen molar-refractivity contribution >= 4 is 0 Å². The molecule has 82 valence electrons. The van der Waals surface area contributed by atoms with Gasteiger partial charge in [0.2, 0.25) is 0 Å². The maximum absolute atomic E-state index is 2.45. The maximum Gasteiger partial charge on any atom is -0.0354 e. The van der Waals surface area contributed by atoms with Crippen LogP contribution in [0.15, 0.2) is 0 Å². The molecule has 2 saturated carbocycles. The Kier molecular flexibility index (Phi) is 3.19. The standard InChI is InChI=1S/C14H26/c1-14(2)10-8-13(9-11-14)12-6-4-3-5-7-12/h12-13H,3-11H2,1-2H3. The first-order valence-electron chi connectivity index (χ1n) is 6.67. The molecule has 0 unspecified atom stereocenters. The van der Waals surface area contributed by atoms with Crippen LogP contribution in [0.1, 0.15) is 71.6 Å². The molecule has 0 aromatic carbocycles. The van der Waals surface area contributed by atoms with E-state index in [2.05, 4.69) is 13.8 Å². The van der Waals surface area contributed by atoms with Gasteiger partial charge in [-0.05, 0) is 42.9 Å². The molecule has 0 heterocycles. The molecule has 0 N–H and O–H groups in total. The van der Waals surface area contributed by atoms with E-state index in [0.29, 0.717) is 5.41 Å². The van der Waals surface area contributed by atoms with Crippen molar-refractivity contribution in [2.24, 2.45) is 17.3 Å². The second kappa shape index (κ2) is 4.24. The lowest BCUT2D eigenvalue weighted by atomic mass is 9.67. The second-order valence-electron chi connectivity index (χ2n) is 6.40. The van der Waals surface area contributed by atoms with Crippen LogP contribution in [-0.2, 0) is 0 Å². The first-order valence-corrected chi connectivity index (χ1v) is 6.67. The lowest BCUT2D eigenvalue weighted by Gasteiger charge is -2.39. The molecule has 0 nitrogen and oxygen atoms in total. The summed E-state index contributed by atoms with van der Waals surface area (Å²) in [6, 6.07) is 0. The monoisotopic (exact) mass is 194 g/mol. The lowest BCUT2D eigenvalue weighted by molar-refractivity contribution is 0.127. The summed E-state index contributed by atoms with van der Waals surface area (Å²) in [4.78, 5) is 0. The van der Waals surface area contributed by atoms with Crippen LogP contribution in [0.4, 0.5) is 0 Å². The van der Waals surface area contributed by atoms with Gasteiger partial charge in [-0.1, -0.05) is 46.0 Å². The third-order valence-corrected chi connectivity index (χ3v) is 4.70. The summed E-state index contributed by atoms with van der Waals surface area (Å²) in [5.41, 5.74) is 0.658. The topological polar surface area (TPSA) is 0 Å². The molecule has 0 heteroatoms. The van der Waals surface area contributed by atoms with Gasteiger partial charge in [-0.25, -0.2) is 0 Å². The number of hydrogen-bond donors (Lipinski definition) is 0. The molecule has 0 aromatic rings. The lowest BCUT2D eigenvalue weighted by Crippen LogP contribution is -2.27. The van der Waals surface area contributed by atoms with Crippen LogP contribution in [0.5, 0.6) is 0 Å². The third-order valence-electron chi connectivity index (χ3n) is 4.70. The minimum atomic E-state index is 0.658. The number of rotatable bonds is 1. The molecule has 2 rings (SSSR count). The summed E-state index contributed by atoms with van der Waals surface area (Å²) in [6.45, 7) is 4.90. The maximum atomic E-state index is 2.45. The quantitative estimate of drug-likeness (QED) is 0.563. The fourth-order valence-electron chi connectivity index (χ4n) is 3.50. The molecule has 0 atom stereocenters. The van der Waals surface area contributed by atoms with Crippen molar-refractivity contribution in [2.75, 3.05) is 0 Å².